The standard InChI is InChI=1S/C12H19N3O5/c1-12(2,10(18)19)15(4)11(20)13-7-5-6-8(16)14(3)9(7)17/h7H,5-6H2,1-4H3,(H,13,20)(H,18,19). The summed E-state index contributed by atoms with van der Waals surface area (Å²) >= 11 is 0. The molecule has 1 fully saturated rings. The smallest absolute Gasteiger partial charge is 0.329 e. The van der Waals surface area contributed by atoms with Gasteiger partial charge in [0, 0.05) is 20.5 Å². The molecule has 1 atom stereocenters. The highest BCUT2D eigenvalue weighted by Gasteiger charge is 2.38. The molecule has 0 radical (unpaired) electrons. The molecule has 20 heavy (non-hydrogen) atoms. The van der Waals surface area contributed by atoms with Crippen LogP contribution in [0.25, 0.3) is 0 Å². The van der Waals surface area contributed by atoms with E-state index >= 15 is 0 Å². The van der Waals surface area contributed by atoms with Crippen LogP contribution in [0.4, 0.5) is 4.79 Å². The minimum absolute atomic E-state index is 0.166. The summed E-state index contributed by atoms with van der Waals surface area (Å²) in [6.07, 6.45) is 0.383. The first kappa shape index (κ1) is 15.9. The Morgan fingerprint density at radius 3 is 2.45 bits per heavy atom. The quantitative estimate of drug-likeness (QED) is 0.688. The molecule has 4 amide bonds. The van der Waals surface area contributed by atoms with E-state index < -0.39 is 29.5 Å². The minimum Gasteiger partial charge on any atom is -0.480 e. The molecule has 0 aliphatic carbocycles. The van der Waals surface area contributed by atoms with Crippen LogP contribution in [0.2, 0.25) is 0 Å². The average Bonchev–Trinajstić information content (AvgIpc) is 2.38. The maximum Gasteiger partial charge on any atom is 0.329 e. The molecule has 1 unspecified atom stereocenters. The largest absolute Gasteiger partial charge is 0.480 e. The van der Waals surface area contributed by atoms with Gasteiger partial charge in [-0.2, -0.15) is 0 Å². The lowest BCUT2D eigenvalue weighted by Gasteiger charge is -2.34. The molecule has 8 nitrogen and oxygen atoms in total. The Balaban J connectivity index is 2.74. The van der Waals surface area contributed by atoms with E-state index in [1.165, 1.54) is 27.9 Å². The number of carbonyl (C=O) groups is 4. The highest BCUT2D eigenvalue weighted by Crippen LogP contribution is 2.15. The number of piperidine rings is 1. The van der Waals surface area contributed by atoms with Crippen molar-refractivity contribution < 1.29 is 24.3 Å². The lowest BCUT2D eigenvalue weighted by Crippen LogP contribution is -2.59. The maximum absolute atomic E-state index is 12.0. The Morgan fingerprint density at radius 2 is 1.95 bits per heavy atom. The number of aliphatic carboxylic acids is 1. The maximum atomic E-state index is 12.0. The predicted octanol–water partition coefficient (Wildman–Crippen LogP) is -0.362. The molecule has 0 aromatic rings. The van der Waals surface area contributed by atoms with Crippen LogP contribution in [0.5, 0.6) is 0 Å². The zero-order valence-electron chi connectivity index (χ0n) is 12.0. The molecule has 2 N–H and O–H groups in total. The number of nitrogens with one attached hydrogen (secondary N) is 1. The number of carboxylic acid groups (broad SMARTS) is 1. The normalized spacial score (nSPS) is 19.8. The molecule has 0 saturated carbocycles. The van der Waals surface area contributed by atoms with Crippen molar-refractivity contribution >= 4 is 23.8 Å². The van der Waals surface area contributed by atoms with Gasteiger partial charge in [-0.05, 0) is 20.3 Å². The van der Waals surface area contributed by atoms with Crippen molar-refractivity contribution in [1.82, 2.24) is 15.1 Å². The van der Waals surface area contributed by atoms with E-state index in [0.29, 0.717) is 0 Å². The topological polar surface area (TPSA) is 107 Å². The average molecular weight is 285 g/mol. The first-order valence-corrected chi connectivity index (χ1v) is 6.17. The number of urea groups is 1. The van der Waals surface area contributed by atoms with E-state index in [0.717, 1.165) is 9.80 Å². The van der Waals surface area contributed by atoms with E-state index in [1.807, 2.05) is 0 Å². The fraction of sp³-hybridized carbons (Fsp3) is 0.667. The fourth-order valence-corrected chi connectivity index (χ4v) is 1.69. The lowest BCUT2D eigenvalue weighted by atomic mass is 10.0. The van der Waals surface area contributed by atoms with Crippen LogP contribution in [0.3, 0.4) is 0 Å². The zero-order valence-corrected chi connectivity index (χ0v) is 12.0. The highest BCUT2D eigenvalue weighted by atomic mass is 16.4. The summed E-state index contributed by atoms with van der Waals surface area (Å²) in [6.45, 7) is 2.76. The number of nitrogens with zero attached hydrogens (tertiary/aromatic N) is 2. The number of likely N-dealkylation sites (tertiary alicyclic amines) is 1. The first-order valence-electron chi connectivity index (χ1n) is 6.17. The fourth-order valence-electron chi connectivity index (χ4n) is 1.69. The van der Waals surface area contributed by atoms with Crippen molar-refractivity contribution in [2.45, 2.75) is 38.3 Å². The van der Waals surface area contributed by atoms with Gasteiger partial charge < -0.3 is 15.3 Å². The number of likely N-dealkylation sites (N-methyl/N-ethyl adjacent to an activating group) is 2. The van der Waals surface area contributed by atoms with Gasteiger partial charge in [0.25, 0.3) is 5.91 Å². The highest BCUT2D eigenvalue weighted by molar-refractivity contribution is 6.01. The van der Waals surface area contributed by atoms with Crippen molar-refractivity contribution in [3.8, 4) is 0 Å². The van der Waals surface area contributed by atoms with Crippen LogP contribution in [0, 0.1) is 0 Å². The number of amides is 4. The monoisotopic (exact) mass is 285 g/mol. The second-order valence-electron chi connectivity index (χ2n) is 5.25. The number of hydrogen-bond acceptors (Lipinski definition) is 4. The third-order valence-corrected chi connectivity index (χ3v) is 3.61. The van der Waals surface area contributed by atoms with Crippen LogP contribution >= 0.6 is 0 Å². The molecule has 1 rings (SSSR count). The Labute approximate surface area is 116 Å². The van der Waals surface area contributed by atoms with E-state index in [-0.39, 0.29) is 18.7 Å². The second-order valence-corrected chi connectivity index (χ2v) is 5.25. The van der Waals surface area contributed by atoms with Gasteiger partial charge in [-0.3, -0.25) is 14.5 Å². The van der Waals surface area contributed by atoms with Crippen molar-refractivity contribution in [3.05, 3.63) is 0 Å². The number of imide groups is 1. The third kappa shape index (κ3) is 2.89. The predicted molar refractivity (Wildman–Crippen MR) is 68.8 cm³/mol. The second kappa shape index (κ2) is 5.48. The minimum atomic E-state index is -1.40. The van der Waals surface area contributed by atoms with Crippen molar-refractivity contribution in [1.29, 1.82) is 0 Å². The summed E-state index contributed by atoms with van der Waals surface area (Å²) in [6, 6.07) is -1.48. The molecule has 0 bridgehead atoms. The molecule has 1 saturated heterocycles. The summed E-state index contributed by atoms with van der Waals surface area (Å²) in [5.41, 5.74) is -1.40. The third-order valence-electron chi connectivity index (χ3n) is 3.61. The molecular formula is C12H19N3O5. The number of carbonyl (C=O) groups excluding carboxylic acids is 3. The number of hydrogen-bond donors (Lipinski definition) is 2. The van der Waals surface area contributed by atoms with Gasteiger partial charge in [0.2, 0.25) is 5.91 Å². The van der Waals surface area contributed by atoms with Crippen LogP contribution in [0.1, 0.15) is 26.7 Å². The molecule has 0 aromatic heterocycles. The van der Waals surface area contributed by atoms with Gasteiger partial charge in [-0.1, -0.05) is 0 Å². The summed E-state index contributed by atoms with van der Waals surface area (Å²) in [7, 11) is 2.69. The van der Waals surface area contributed by atoms with Gasteiger partial charge in [0.1, 0.15) is 11.6 Å². The Kier molecular flexibility index (Phi) is 4.36. The zero-order chi connectivity index (χ0) is 15.7. The van der Waals surface area contributed by atoms with Crippen LogP contribution in [-0.4, -0.2) is 64.4 Å². The first-order chi connectivity index (χ1) is 9.09. The Bertz CT molecular complexity index is 460. The number of rotatable bonds is 3. The molecule has 1 heterocycles. The molecule has 1 aliphatic heterocycles. The Morgan fingerprint density at radius 1 is 1.40 bits per heavy atom. The van der Waals surface area contributed by atoms with Crippen LogP contribution < -0.4 is 5.32 Å². The van der Waals surface area contributed by atoms with E-state index in [9.17, 15) is 19.2 Å². The molecular weight excluding hydrogens is 266 g/mol. The van der Waals surface area contributed by atoms with Crippen LogP contribution in [0.15, 0.2) is 0 Å². The summed E-state index contributed by atoms with van der Waals surface area (Å²) < 4.78 is 0. The van der Waals surface area contributed by atoms with Gasteiger partial charge in [0.15, 0.2) is 0 Å². The van der Waals surface area contributed by atoms with Gasteiger partial charge in [-0.15, -0.1) is 0 Å². The van der Waals surface area contributed by atoms with E-state index in [2.05, 4.69) is 5.32 Å². The SMILES string of the molecule is CN1C(=O)CCC(NC(=O)N(C)C(C)(C)C(=O)O)C1=O. The summed E-state index contributed by atoms with van der Waals surface area (Å²) in [5, 5.41) is 11.5. The molecule has 8 heteroatoms. The lowest BCUT2D eigenvalue weighted by molar-refractivity contribution is -0.147. The van der Waals surface area contributed by atoms with Crippen molar-refractivity contribution in [2.75, 3.05) is 14.1 Å². The molecule has 0 aromatic carbocycles. The van der Waals surface area contributed by atoms with E-state index in [4.69, 9.17) is 5.11 Å². The molecule has 0 spiro atoms. The van der Waals surface area contributed by atoms with Gasteiger partial charge in [0.05, 0.1) is 0 Å². The molecule has 1 aliphatic rings. The van der Waals surface area contributed by atoms with Crippen molar-refractivity contribution in [3.63, 3.8) is 0 Å². The summed E-state index contributed by atoms with van der Waals surface area (Å²) in [4.78, 5) is 48.2. The van der Waals surface area contributed by atoms with Gasteiger partial charge >= 0.3 is 12.0 Å². The number of carboxylic acids is 1. The summed E-state index contributed by atoms with van der Waals surface area (Å²) in [5.74, 6) is -1.94. The van der Waals surface area contributed by atoms with Crippen LogP contribution in [-0.2, 0) is 14.4 Å². The van der Waals surface area contributed by atoms with E-state index in [1.54, 1.807) is 0 Å². The van der Waals surface area contributed by atoms with Crippen molar-refractivity contribution in [2.24, 2.45) is 0 Å². The Hall–Kier alpha value is -2.12. The molecule has 112 valence electrons. The van der Waals surface area contributed by atoms with Gasteiger partial charge in [-0.25, -0.2) is 9.59 Å².